The van der Waals surface area contributed by atoms with Crippen molar-refractivity contribution >= 4 is 29.3 Å². The molecule has 2 amide bonds. The summed E-state index contributed by atoms with van der Waals surface area (Å²) in [5, 5.41) is 14.1. The summed E-state index contributed by atoms with van der Waals surface area (Å²) in [5.74, 6) is -0.0329. The van der Waals surface area contributed by atoms with Gasteiger partial charge in [-0.3, -0.25) is 25.0 Å². The van der Waals surface area contributed by atoms with Crippen molar-refractivity contribution in [2.45, 2.75) is 32.4 Å². The second-order valence-corrected chi connectivity index (χ2v) is 8.64. The van der Waals surface area contributed by atoms with Crippen LogP contribution in [0, 0.1) is 10.1 Å². The van der Waals surface area contributed by atoms with Crippen molar-refractivity contribution in [1.29, 1.82) is 0 Å². The number of anilines is 1. The lowest BCUT2D eigenvalue weighted by Crippen LogP contribution is -2.39. The van der Waals surface area contributed by atoms with Crippen molar-refractivity contribution in [3.8, 4) is 23.0 Å². The van der Waals surface area contributed by atoms with Gasteiger partial charge in [-0.2, -0.15) is 0 Å². The number of nitrogens with zero attached hydrogens (tertiary/aromatic N) is 2. The normalized spacial score (nSPS) is 14.2. The van der Waals surface area contributed by atoms with E-state index in [0.29, 0.717) is 19.4 Å². The van der Waals surface area contributed by atoms with E-state index in [9.17, 15) is 24.5 Å². The van der Waals surface area contributed by atoms with Gasteiger partial charge in [0.15, 0.2) is 23.0 Å². The monoisotopic (exact) mass is 561 g/mol. The van der Waals surface area contributed by atoms with Gasteiger partial charge >= 0.3 is 12.1 Å². The minimum atomic E-state index is -0.983. The lowest BCUT2D eigenvalue weighted by molar-refractivity contribution is -0.385. The number of ether oxygens (including phenoxy) is 6. The fourth-order valence-corrected chi connectivity index (χ4v) is 4.29. The Balaban J connectivity index is 1.87. The smallest absolute Gasteiger partial charge is 0.411 e. The van der Waals surface area contributed by atoms with E-state index in [1.54, 1.807) is 4.90 Å². The van der Waals surface area contributed by atoms with Crippen LogP contribution in [0.4, 0.5) is 16.2 Å². The van der Waals surface area contributed by atoms with Gasteiger partial charge in [-0.1, -0.05) is 0 Å². The maximum Gasteiger partial charge on any atom is 0.411 e. The van der Waals surface area contributed by atoms with Gasteiger partial charge < -0.3 is 33.3 Å². The van der Waals surface area contributed by atoms with Gasteiger partial charge in [0.05, 0.1) is 62.3 Å². The number of carbonyl (C=O) groups excluding carboxylic acids is 3. The van der Waals surface area contributed by atoms with E-state index in [4.69, 9.17) is 28.4 Å². The van der Waals surface area contributed by atoms with Crippen LogP contribution in [0.15, 0.2) is 24.3 Å². The molecule has 2 aromatic rings. The zero-order valence-electron chi connectivity index (χ0n) is 22.8. The van der Waals surface area contributed by atoms with Crippen molar-refractivity contribution in [3.63, 3.8) is 0 Å². The lowest BCUT2D eigenvalue weighted by Gasteiger charge is -2.26. The average Bonchev–Trinajstić information content (AvgIpc) is 3.42. The first-order chi connectivity index (χ1) is 19.1. The highest BCUT2D eigenvalue weighted by Crippen LogP contribution is 2.36. The van der Waals surface area contributed by atoms with Gasteiger partial charge in [-0.15, -0.1) is 0 Å². The van der Waals surface area contributed by atoms with E-state index < -0.39 is 29.5 Å². The van der Waals surface area contributed by atoms with Crippen LogP contribution >= 0.6 is 0 Å². The molecule has 0 radical (unpaired) electrons. The predicted octanol–water partition coefficient (Wildman–Crippen LogP) is 3.55. The van der Waals surface area contributed by atoms with Crippen molar-refractivity contribution in [3.05, 3.63) is 45.5 Å². The Kier molecular flexibility index (Phi) is 9.95. The summed E-state index contributed by atoms with van der Waals surface area (Å²) in [6.45, 7) is 1.28. The topological polar surface area (TPSA) is 165 Å². The molecule has 216 valence electrons. The first kappa shape index (κ1) is 29.8. The molecule has 3 rings (SSSR count). The molecule has 0 bridgehead atoms. The molecule has 14 nitrogen and oxygen atoms in total. The Morgan fingerprint density at radius 3 is 2.15 bits per heavy atom. The maximum atomic E-state index is 13.6. The van der Waals surface area contributed by atoms with Crippen LogP contribution < -0.4 is 24.3 Å². The Morgan fingerprint density at radius 1 is 0.950 bits per heavy atom. The van der Waals surface area contributed by atoms with Gasteiger partial charge in [0, 0.05) is 19.5 Å². The molecule has 1 aliphatic rings. The van der Waals surface area contributed by atoms with Gasteiger partial charge in [0.1, 0.15) is 13.2 Å². The van der Waals surface area contributed by atoms with Gasteiger partial charge in [-0.25, -0.2) is 4.79 Å². The number of nitro benzene ring substituents is 1. The van der Waals surface area contributed by atoms with Crippen LogP contribution in [-0.4, -0.2) is 75.4 Å². The van der Waals surface area contributed by atoms with Crippen LogP contribution in [0.3, 0.4) is 0 Å². The number of esters is 1. The zero-order chi connectivity index (χ0) is 29.4. The molecule has 0 spiro atoms. The molecule has 1 N–H and O–H groups in total. The quantitative estimate of drug-likeness (QED) is 0.242. The predicted molar refractivity (Wildman–Crippen MR) is 140 cm³/mol. The SMILES string of the molecule is COc1cc(COC(=O)Nc2cc(OC)c(OC)cc2C(=O)N2CCC[C@H]2COC(C)=O)c([N+](=O)[O-])cc1OC. The summed E-state index contributed by atoms with van der Waals surface area (Å²) in [6.07, 6.45) is 0.365. The average molecular weight is 562 g/mol. The first-order valence-electron chi connectivity index (χ1n) is 12.2. The molecule has 1 heterocycles. The van der Waals surface area contributed by atoms with Crippen molar-refractivity contribution < 1.29 is 47.7 Å². The number of hydrogen-bond acceptors (Lipinski definition) is 11. The van der Waals surface area contributed by atoms with Crippen LogP contribution in [-0.2, 0) is 20.9 Å². The standard InChI is InChI=1S/C26H31N3O11/c1-15(30)39-14-17-7-6-8-28(17)25(31)18-10-22(36-3)23(37-4)11-19(18)27-26(32)40-13-16-9-21(35-2)24(38-5)12-20(16)29(33)34/h9-12,17H,6-8,13-14H2,1-5H3,(H,27,32)/t17-/m0/s1. The van der Waals surface area contributed by atoms with Crippen LogP contribution in [0.5, 0.6) is 23.0 Å². The number of methoxy groups -OCH3 is 4. The molecule has 14 heteroatoms. The highest BCUT2D eigenvalue weighted by molar-refractivity contribution is 6.03. The van der Waals surface area contributed by atoms with E-state index >= 15 is 0 Å². The molecule has 40 heavy (non-hydrogen) atoms. The Bertz CT molecular complexity index is 1280. The fourth-order valence-electron chi connectivity index (χ4n) is 4.29. The molecule has 1 atom stereocenters. The maximum absolute atomic E-state index is 13.6. The van der Waals surface area contributed by atoms with Crippen LogP contribution in [0.2, 0.25) is 0 Å². The molecule has 1 fully saturated rings. The summed E-state index contributed by atoms with van der Waals surface area (Å²) in [4.78, 5) is 50.2. The Labute approximate surface area is 230 Å². The van der Waals surface area contributed by atoms with Crippen molar-refractivity contribution in [1.82, 2.24) is 4.90 Å². The molecular formula is C26H31N3O11. The van der Waals surface area contributed by atoms with Gasteiger partial charge in [0.2, 0.25) is 0 Å². The fraction of sp³-hybridized carbons (Fsp3) is 0.423. The van der Waals surface area contributed by atoms with E-state index in [-0.39, 0.29) is 58.1 Å². The lowest BCUT2D eigenvalue weighted by atomic mass is 10.1. The highest BCUT2D eigenvalue weighted by Gasteiger charge is 2.32. The number of benzene rings is 2. The molecule has 0 aliphatic carbocycles. The molecule has 2 aromatic carbocycles. The van der Waals surface area contributed by atoms with Gasteiger partial charge in [0.25, 0.3) is 11.6 Å². The molecule has 0 saturated carbocycles. The second-order valence-electron chi connectivity index (χ2n) is 8.64. The third-order valence-corrected chi connectivity index (χ3v) is 6.25. The number of carbonyl (C=O) groups is 3. The van der Waals surface area contributed by atoms with Crippen LogP contribution in [0.25, 0.3) is 0 Å². The summed E-state index contributed by atoms with van der Waals surface area (Å²) in [5.41, 5.74) is -0.124. The summed E-state index contributed by atoms with van der Waals surface area (Å²) < 4.78 is 31.3. The number of rotatable bonds is 11. The Hall–Kier alpha value is -4.75. The largest absolute Gasteiger partial charge is 0.493 e. The van der Waals surface area contributed by atoms with Crippen LogP contribution in [0.1, 0.15) is 35.7 Å². The third-order valence-electron chi connectivity index (χ3n) is 6.25. The number of nitro groups is 1. The first-order valence-corrected chi connectivity index (χ1v) is 12.2. The number of amides is 2. The second kappa shape index (κ2) is 13.4. The molecule has 0 aromatic heterocycles. The molecule has 1 saturated heterocycles. The summed E-state index contributed by atoms with van der Waals surface area (Å²) in [7, 11) is 5.51. The molecule has 0 unspecified atom stereocenters. The van der Waals surface area contributed by atoms with Gasteiger partial charge in [-0.05, 0) is 25.0 Å². The Morgan fingerprint density at radius 2 is 1.55 bits per heavy atom. The van der Waals surface area contributed by atoms with E-state index in [1.165, 1.54) is 59.6 Å². The number of hydrogen-bond donors (Lipinski definition) is 1. The molecule has 1 aliphatic heterocycles. The zero-order valence-corrected chi connectivity index (χ0v) is 22.8. The number of likely N-dealkylation sites (tertiary alicyclic amines) is 1. The molecular weight excluding hydrogens is 530 g/mol. The minimum absolute atomic E-state index is 0.0449. The third kappa shape index (κ3) is 6.81. The van der Waals surface area contributed by atoms with E-state index in [2.05, 4.69) is 5.32 Å². The van der Waals surface area contributed by atoms with E-state index in [1.807, 2.05) is 0 Å². The minimum Gasteiger partial charge on any atom is -0.493 e. The highest BCUT2D eigenvalue weighted by atomic mass is 16.6. The summed E-state index contributed by atoms with van der Waals surface area (Å²) in [6, 6.07) is 5.00. The number of nitrogens with one attached hydrogen (secondary N) is 1. The van der Waals surface area contributed by atoms with E-state index in [0.717, 1.165) is 0 Å². The van der Waals surface area contributed by atoms with Crippen molar-refractivity contribution in [2.24, 2.45) is 0 Å². The van der Waals surface area contributed by atoms with Crippen molar-refractivity contribution in [2.75, 3.05) is 46.9 Å². The summed E-state index contributed by atoms with van der Waals surface area (Å²) >= 11 is 0.